The molecule has 0 aliphatic rings. The first kappa shape index (κ1) is 14.8. The van der Waals surface area contributed by atoms with Crippen molar-refractivity contribution in [3.8, 4) is 11.5 Å². The maximum absolute atomic E-state index is 6.00. The van der Waals surface area contributed by atoms with Crippen molar-refractivity contribution < 1.29 is 9.47 Å². The van der Waals surface area contributed by atoms with E-state index >= 15 is 0 Å². The molecule has 106 valence electrons. The normalized spacial score (nSPS) is 10.3. The molecule has 2 aromatic rings. The maximum Gasteiger partial charge on any atom is 0.137 e. The largest absolute Gasteiger partial charge is 0.493 e. The Kier molecular flexibility index (Phi) is 5.39. The molecule has 0 amide bonds. The van der Waals surface area contributed by atoms with Crippen LogP contribution in [0.15, 0.2) is 42.5 Å². The van der Waals surface area contributed by atoms with Crippen LogP contribution >= 0.6 is 23.2 Å². The minimum Gasteiger partial charge on any atom is -0.493 e. The summed E-state index contributed by atoms with van der Waals surface area (Å²) >= 11 is 11.8. The van der Waals surface area contributed by atoms with Gasteiger partial charge in [0.2, 0.25) is 0 Å². The number of hydrogen-bond donors (Lipinski definition) is 1. The van der Waals surface area contributed by atoms with E-state index in [0.717, 1.165) is 17.9 Å². The lowest BCUT2D eigenvalue weighted by molar-refractivity contribution is 0.247. The summed E-state index contributed by atoms with van der Waals surface area (Å²) in [6.45, 7) is 1.09. The van der Waals surface area contributed by atoms with E-state index in [4.69, 9.17) is 38.4 Å². The Hall–Kier alpha value is -1.58. The van der Waals surface area contributed by atoms with Crippen LogP contribution in [0.4, 0.5) is 5.69 Å². The third kappa shape index (κ3) is 4.51. The summed E-state index contributed by atoms with van der Waals surface area (Å²) in [5.41, 5.74) is 6.32. The van der Waals surface area contributed by atoms with Gasteiger partial charge in [0.05, 0.1) is 18.2 Å². The molecule has 0 unspecified atom stereocenters. The Labute approximate surface area is 128 Å². The zero-order valence-corrected chi connectivity index (χ0v) is 12.3. The quantitative estimate of drug-likeness (QED) is 0.634. The smallest absolute Gasteiger partial charge is 0.137 e. The first-order chi connectivity index (χ1) is 9.65. The Morgan fingerprint density at radius 2 is 1.60 bits per heavy atom. The molecule has 0 saturated heterocycles. The van der Waals surface area contributed by atoms with E-state index in [9.17, 15) is 0 Å². The Balaban J connectivity index is 1.70. The van der Waals surface area contributed by atoms with Crippen LogP contribution in [0.25, 0.3) is 0 Å². The summed E-state index contributed by atoms with van der Waals surface area (Å²) in [4.78, 5) is 0. The van der Waals surface area contributed by atoms with Crippen molar-refractivity contribution in [3.63, 3.8) is 0 Å². The van der Waals surface area contributed by atoms with Gasteiger partial charge in [-0.2, -0.15) is 0 Å². The zero-order chi connectivity index (χ0) is 14.4. The molecule has 2 N–H and O–H groups in total. The van der Waals surface area contributed by atoms with Crippen LogP contribution in [-0.4, -0.2) is 13.2 Å². The molecule has 2 aromatic carbocycles. The van der Waals surface area contributed by atoms with E-state index in [1.807, 2.05) is 12.1 Å². The fraction of sp³-hybridized carbons (Fsp3) is 0.200. The van der Waals surface area contributed by atoms with Crippen molar-refractivity contribution in [2.24, 2.45) is 0 Å². The van der Waals surface area contributed by atoms with Gasteiger partial charge < -0.3 is 15.2 Å². The Bertz CT molecular complexity index is 558. The molecule has 0 bridgehead atoms. The predicted octanol–water partition coefficient (Wildman–Crippen LogP) is 4.42. The first-order valence-corrected chi connectivity index (χ1v) is 6.97. The van der Waals surface area contributed by atoms with Gasteiger partial charge in [0.25, 0.3) is 0 Å². The molecule has 2 rings (SSSR count). The lowest BCUT2D eigenvalue weighted by Gasteiger charge is -2.09. The molecule has 0 aliphatic heterocycles. The number of hydrogen-bond acceptors (Lipinski definition) is 3. The predicted molar refractivity (Wildman–Crippen MR) is 82.9 cm³/mol. The van der Waals surface area contributed by atoms with Crippen molar-refractivity contribution >= 4 is 28.9 Å². The highest BCUT2D eigenvalue weighted by Crippen LogP contribution is 2.27. The van der Waals surface area contributed by atoms with E-state index in [-0.39, 0.29) is 0 Å². The van der Waals surface area contributed by atoms with Crippen LogP contribution in [0.5, 0.6) is 11.5 Å². The third-order valence-corrected chi connectivity index (χ3v) is 3.12. The van der Waals surface area contributed by atoms with Crippen LogP contribution in [0.1, 0.15) is 6.42 Å². The Morgan fingerprint density at radius 1 is 0.900 bits per heavy atom. The molecule has 0 spiro atoms. The summed E-state index contributed by atoms with van der Waals surface area (Å²) in [7, 11) is 0. The number of ether oxygens (including phenoxy) is 2. The van der Waals surface area contributed by atoms with Gasteiger partial charge in [-0.1, -0.05) is 23.2 Å². The molecule has 0 saturated carbocycles. The average Bonchev–Trinajstić information content (AvgIpc) is 2.42. The highest BCUT2D eigenvalue weighted by atomic mass is 35.5. The van der Waals surface area contributed by atoms with Crippen molar-refractivity contribution in [1.29, 1.82) is 0 Å². The maximum atomic E-state index is 6.00. The van der Waals surface area contributed by atoms with Crippen LogP contribution in [0, 0.1) is 0 Å². The zero-order valence-electron chi connectivity index (χ0n) is 10.8. The second-order valence-electron chi connectivity index (χ2n) is 4.19. The fourth-order valence-corrected chi connectivity index (χ4v) is 2.05. The Morgan fingerprint density at radius 3 is 2.30 bits per heavy atom. The summed E-state index contributed by atoms with van der Waals surface area (Å²) < 4.78 is 11.1. The topological polar surface area (TPSA) is 44.5 Å². The fourth-order valence-electron chi connectivity index (χ4n) is 1.59. The molecule has 0 fully saturated rings. The second kappa shape index (κ2) is 7.27. The highest BCUT2D eigenvalue weighted by Gasteiger charge is 2.02. The molecule has 5 heteroatoms. The minimum atomic E-state index is 0.511. The molecular weight excluding hydrogens is 297 g/mol. The lowest BCUT2D eigenvalue weighted by Crippen LogP contribution is -2.05. The van der Waals surface area contributed by atoms with Gasteiger partial charge >= 0.3 is 0 Å². The van der Waals surface area contributed by atoms with E-state index in [0.29, 0.717) is 29.0 Å². The van der Waals surface area contributed by atoms with E-state index in [1.54, 1.807) is 30.3 Å². The van der Waals surface area contributed by atoms with Gasteiger partial charge in [-0.25, -0.2) is 0 Å². The highest BCUT2D eigenvalue weighted by molar-refractivity contribution is 6.35. The van der Waals surface area contributed by atoms with E-state index in [2.05, 4.69) is 0 Å². The molecule has 0 atom stereocenters. The van der Waals surface area contributed by atoms with Gasteiger partial charge in [0.1, 0.15) is 11.5 Å². The number of rotatable bonds is 6. The van der Waals surface area contributed by atoms with Crippen LogP contribution in [-0.2, 0) is 0 Å². The number of halogens is 2. The van der Waals surface area contributed by atoms with E-state index in [1.165, 1.54) is 0 Å². The third-order valence-electron chi connectivity index (χ3n) is 2.59. The summed E-state index contributed by atoms with van der Waals surface area (Å²) in [6.07, 6.45) is 0.753. The molecule has 0 radical (unpaired) electrons. The van der Waals surface area contributed by atoms with E-state index < -0.39 is 0 Å². The van der Waals surface area contributed by atoms with Crippen molar-refractivity contribution in [2.75, 3.05) is 18.9 Å². The summed E-state index contributed by atoms with van der Waals surface area (Å²) in [6, 6.07) is 12.4. The van der Waals surface area contributed by atoms with Gasteiger partial charge in [0.15, 0.2) is 0 Å². The monoisotopic (exact) mass is 311 g/mol. The van der Waals surface area contributed by atoms with Gasteiger partial charge in [-0.05, 0) is 42.5 Å². The first-order valence-electron chi connectivity index (χ1n) is 6.21. The molecule has 0 aliphatic carbocycles. The van der Waals surface area contributed by atoms with Crippen molar-refractivity contribution in [1.82, 2.24) is 0 Å². The van der Waals surface area contributed by atoms with Crippen LogP contribution in [0.2, 0.25) is 10.0 Å². The standard InChI is InChI=1S/C15H15Cl2NO2/c16-11-2-7-15(14(17)10-11)20-9-1-8-19-13-5-3-12(18)4-6-13/h2-7,10H,1,8-9,18H2. The van der Waals surface area contributed by atoms with Gasteiger partial charge in [-0.15, -0.1) is 0 Å². The molecule has 3 nitrogen and oxygen atoms in total. The summed E-state index contributed by atoms with van der Waals surface area (Å²) in [5.74, 6) is 1.42. The number of nitrogens with two attached hydrogens (primary N) is 1. The van der Waals surface area contributed by atoms with Crippen molar-refractivity contribution in [3.05, 3.63) is 52.5 Å². The molecule has 20 heavy (non-hydrogen) atoms. The molecule has 0 aromatic heterocycles. The lowest BCUT2D eigenvalue weighted by atomic mass is 10.3. The van der Waals surface area contributed by atoms with Gasteiger partial charge in [0, 0.05) is 17.1 Å². The molecule has 0 heterocycles. The SMILES string of the molecule is Nc1ccc(OCCCOc2ccc(Cl)cc2Cl)cc1. The van der Waals surface area contributed by atoms with Crippen molar-refractivity contribution in [2.45, 2.75) is 6.42 Å². The number of benzene rings is 2. The van der Waals surface area contributed by atoms with Crippen LogP contribution < -0.4 is 15.2 Å². The number of anilines is 1. The average molecular weight is 312 g/mol. The second-order valence-corrected chi connectivity index (χ2v) is 5.04. The minimum absolute atomic E-state index is 0.511. The summed E-state index contributed by atoms with van der Waals surface area (Å²) in [5, 5.41) is 1.10. The molecular formula is C15H15Cl2NO2. The van der Waals surface area contributed by atoms with Gasteiger partial charge in [-0.3, -0.25) is 0 Å². The number of nitrogen functional groups attached to an aromatic ring is 1. The van der Waals surface area contributed by atoms with Crippen LogP contribution in [0.3, 0.4) is 0 Å².